The van der Waals surface area contributed by atoms with Crippen LogP contribution in [0.2, 0.25) is 0 Å². The van der Waals surface area contributed by atoms with Gasteiger partial charge in [0.2, 0.25) is 9.84 Å². The predicted molar refractivity (Wildman–Crippen MR) is 143 cm³/mol. The van der Waals surface area contributed by atoms with Crippen LogP contribution in [0.4, 0.5) is 30.4 Å². The van der Waals surface area contributed by atoms with E-state index in [0.717, 1.165) is 12.1 Å². The van der Waals surface area contributed by atoms with Crippen molar-refractivity contribution < 1.29 is 31.1 Å². The molecule has 11 nitrogen and oxygen atoms in total. The van der Waals surface area contributed by atoms with Gasteiger partial charge in [-0.15, -0.1) is 19.8 Å². The highest BCUT2D eigenvalue weighted by molar-refractivity contribution is 7.91. The Kier molecular flexibility index (Phi) is 8.25. The fraction of sp³-hybridized carbons (Fsp3) is 0.280. The average Bonchev–Trinajstić information content (AvgIpc) is 2.89. The van der Waals surface area contributed by atoms with E-state index in [-0.39, 0.29) is 16.9 Å². The van der Waals surface area contributed by atoms with E-state index in [1.807, 2.05) is 11.9 Å². The summed E-state index contributed by atoms with van der Waals surface area (Å²) in [4.78, 5) is 28.8. The lowest BCUT2D eigenvalue weighted by molar-refractivity contribution is -0.274. The highest BCUT2D eigenvalue weighted by Crippen LogP contribution is 2.38. The number of nitrogens with zero attached hydrogens (tertiary/aromatic N) is 5. The number of likely N-dealkylation sites (N-methyl/N-ethyl adjacent to an activating group) is 1. The predicted octanol–water partition coefficient (Wildman–Crippen LogP) is 2.98. The second-order valence-corrected chi connectivity index (χ2v) is 10.8. The number of alkyl halides is 3. The number of benzene rings is 1. The number of anilines is 3. The summed E-state index contributed by atoms with van der Waals surface area (Å²) < 4.78 is 70.7. The SMILES string of the molecule is C=CCS(=O)(=O)c1nc(N)c(C(=O)Nc2cccnc2)nc1-c1ccc(N2CCN(C)CC2)c(OC(F)(F)F)c1. The van der Waals surface area contributed by atoms with Crippen LogP contribution >= 0.6 is 0 Å². The number of piperazine rings is 1. The number of halogens is 3. The first kappa shape index (κ1) is 28.8. The van der Waals surface area contributed by atoms with Gasteiger partial charge in [-0.05, 0) is 31.3 Å². The van der Waals surface area contributed by atoms with Gasteiger partial charge in [0.05, 0.1) is 23.3 Å². The molecular formula is C25H26F3N7O4S. The van der Waals surface area contributed by atoms with Gasteiger partial charge in [-0.1, -0.05) is 12.1 Å². The molecule has 1 aliphatic rings. The Morgan fingerprint density at radius 2 is 1.93 bits per heavy atom. The minimum Gasteiger partial charge on any atom is -0.404 e. The van der Waals surface area contributed by atoms with Crippen LogP contribution in [0.5, 0.6) is 5.75 Å². The fourth-order valence-electron chi connectivity index (χ4n) is 4.04. The Hall–Kier alpha value is -4.24. The zero-order valence-corrected chi connectivity index (χ0v) is 22.2. The van der Waals surface area contributed by atoms with Crippen molar-refractivity contribution in [1.82, 2.24) is 19.9 Å². The highest BCUT2D eigenvalue weighted by Gasteiger charge is 2.34. The maximum atomic E-state index is 13.4. The number of nitrogens with two attached hydrogens (primary N) is 1. The van der Waals surface area contributed by atoms with Gasteiger partial charge in [0.25, 0.3) is 5.91 Å². The molecule has 3 aromatic rings. The average molecular weight is 578 g/mol. The lowest BCUT2D eigenvalue weighted by Crippen LogP contribution is -2.44. The van der Waals surface area contributed by atoms with E-state index in [0.29, 0.717) is 31.9 Å². The zero-order chi connectivity index (χ0) is 29.1. The second kappa shape index (κ2) is 11.5. The van der Waals surface area contributed by atoms with Crippen LogP contribution in [-0.2, 0) is 9.84 Å². The smallest absolute Gasteiger partial charge is 0.404 e. The first-order valence-corrected chi connectivity index (χ1v) is 13.6. The third-order valence-electron chi connectivity index (χ3n) is 5.96. The van der Waals surface area contributed by atoms with Gasteiger partial charge in [-0.25, -0.2) is 18.4 Å². The molecule has 0 spiro atoms. The molecule has 3 N–H and O–H groups in total. The Labute approximate surface area is 228 Å². The van der Waals surface area contributed by atoms with Crippen molar-refractivity contribution in [2.24, 2.45) is 0 Å². The van der Waals surface area contributed by atoms with Crippen LogP contribution in [-0.4, -0.2) is 79.5 Å². The molecule has 1 aliphatic heterocycles. The molecule has 1 fully saturated rings. The quantitative estimate of drug-likeness (QED) is 0.384. The molecule has 1 saturated heterocycles. The molecule has 40 heavy (non-hydrogen) atoms. The monoisotopic (exact) mass is 577 g/mol. The van der Waals surface area contributed by atoms with Crippen molar-refractivity contribution in [3.05, 3.63) is 61.1 Å². The van der Waals surface area contributed by atoms with Gasteiger partial charge in [0.1, 0.15) is 5.69 Å². The lowest BCUT2D eigenvalue weighted by atomic mass is 10.1. The summed E-state index contributed by atoms with van der Waals surface area (Å²) in [6, 6.07) is 6.93. The molecule has 4 rings (SSSR count). The molecule has 0 aliphatic carbocycles. The van der Waals surface area contributed by atoms with Gasteiger partial charge in [0.15, 0.2) is 22.3 Å². The molecule has 3 heterocycles. The molecule has 1 aromatic carbocycles. The van der Waals surface area contributed by atoms with Gasteiger partial charge >= 0.3 is 6.36 Å². The van der Waals surface area contributed by atoms with Gasteiger partial charge in [-0.2, -0.15) is 0 Å². The number of pyridine rings is 1. The summed E-state index contributed by atoms with van der Waals surface area (Å²) in [5.41, 5.74) is 5.52. The number of carbonyl (C=O) groups is 1. The standard InChI is InChI=1S/C25H26F3N7O4S/c1-3-13-40(37,38)24-20(32-21(22(29)33-24)23(36)31-17-5-4-8-30-15-17)16-6-7-18(19(14-16)39-25(26,27)28)35-11-9-34(2)10-12-35/h3-8,14-15H,1,9-13H2,2H3,(H2,29,33)(H,31,36). The van der Waals surface area contributed by atoms with Gasteiger partial charge < -0.3 is 25.6 Å². The van der Waals surface area contributed by atoms with Crippen molar-refractivity contribution in [2.45, 2.75) is 11.4 Å². The van der Waals surface area contributed by atoms with Crippen molar-refractivity contribution in [3.8, 4) is 17.0 Å². The number of hydrogen-bond acceptors (Lipinski definition) is 10. The van der Waals surface area contributed by atoms with E-state index in [1.54, 1.807) is 17.0 Å². The van der Waals surface area contributed by atoms with E-state index >= 15 is 0 Å². The summed E-state index contributed by atoms with van der Waals surface area (Å²) >= 11 is 0. The molecule has 2 aromatic heterocycles. The zero-order valence-electron chi connectivity index (χ0n) is 21.3. The van der Waals surface area contributed by atoms with Crippen molar-refractivity contribution in [2.75, 3.05) is 54.9 Å². The van der Waals surface area contributed by atoms with Crippen LogP contribution in [0.25, 0.3) is 11.3 Å². The van der Waals surface area contributed by atoms with Crippen LogP contribution < -0.4 is 20.7 Å². The van der Waals surface area contributed by atoms with Crippen molar-refractivity contribution in [1.29, 1.82) is 0 Å². The summed E-state index contributed by atoms with van der Waals surface area (Å²) in [6.07, 6.45) is -1.05. The molecule has 15 heteroatoms. The summed E-state index contributed by atoms with van der Waals surface area (Å²) in [5.74, 6) is -2.43. The lowest BCUT2D eigenvalue weighted by Gasteiger charge is -2.35. The number of carbonyl (C=O) groups excluding carboxylic acids is 1. The van der Waals surface area contributed by atoms with E-state index in [2.05, 4.69) is 31.6 Å². The highest BCUT2D eigenvalue weighted by atomic mass is 32.2. The van der Waals surface area contributed by atoms with Crippen LogP contribution in [0.3, 0.4) is 0 Å². The summed E-state index contributed by atoms with van der Waals surface area (Å²) in [5, 5.41) is 1.91. The van der Waals surface area contributed by atoms with E-state index in [9.17, 15) is 26.4 Å². The number of ether oxygens (including phenoxy) is 1. The number of amides is 1. The van der Waals surface area contributed by atoms with Gasteiger partial charge in [-0.3, -0.25) is 9.78 Å². The van der Waals surface area contributed by atoms with E-state index < -0.39 is 50.1 Å². The summed E-state index contributed by atoms with van der Waals surface area (Å²) in [7, 11) is -2.29. The fourth-order valence-corrected chi connectivity index (χ4v) is 5.21. The number of nitrogen functional groups attached to an aromatic ring is 1. The Balaban J connectivity index is 1.86. The number of rotatable bonds is 8. The third kappa shape index (κ3) is 6.66. The molecular weight excluding hydrogens is 551 g/mol. The van der Waals surface area contributed by atoms with E-state index in [4.69, 9.17) is 5.73 Å². The molecule has 0 unspecified atom stereocenters. The van der Waals surface area contributed by atoms with Crippen molar-refractivity contribution in [3.63, 3.8) is 0 Å². The van der Waals surface area contributed by atoms with Gasteiger partial charge in [0, 0.05) is 37.9 Å². The van der Waals surface area contributed by atoms with Crippen LogP contribution in [0.15, 0.2) is 60.4 Å². The van der Waals surface area contributed by atoms with Crippen LogP contribution in [0, 0.1) is 0 Å². The Bertz CT molecular complexity index is 1510. The molecule has 0 atom stereocenters. The Morgan fingerprint density at radius 1 is 1.20 bits per heavy atom. The molecule has 0 radical (unpaired) electrons. The molecule has 0 saturated carbocycles. The topological polar surface area (TPSA) is 144 Å². The second-order valence-electron chi connectivity index (χ2n) is 8.90. The number of hydrogen-bond donors (Lipinski definition) is 2. The largest absolute Gasteiger partial charge is 0.573 e. The van der Waals surface area contributed by atoms with Crippen molar-refractivity contribution >= 4 is 32.9 Å². The minimum absolute atomic E-state index is 0.0808. The number of aromatic nitrogens is 3. The number of nitrogens with one attached hydrogen (secondary N) is 1. The number of sulfone groups is 1. The van der Waals surface area contributed by atoms with E-state index in [1.165, 1.54) is 24.5 Å². The normalized spacial score (nSPS) is 14.6. The van der Waals surface area contributed by atoms with Crippen LogP contribution in [0.1, 0.15) is 10.5 Å². The molecule has 0 bridgehead atoms. The summed E-state index contributed by atoms with van der Waals surface area (Å²) in [6.45, 7) is 5.57. The maximum absolute atomic E-state index is 13.4. The first-order chi connectivity index (χ1) is 18.9. The Morgan fingerprint density at radius 3 is 2.55 bits per heavy atom. The maximum Gasteiger partial charge on any atom is 0.573 e. The molecule has 212 valence electrons. The first-order valence-electron chi connectivity index (χ1n) is 11.9. The molecule has 1 amide bonds. The third-order valence-corrected chi connectivity index (χ3v) is 7.51. The minimum atomic E-state index is -5.03.